The number of rotatable bonds is 3. The van der Waals surface area contributed by atoms with Gasteiger partial charge in [0.15, 0.2) is 9.84 Å². The Morgan fingerprint density at radius 2 is 2.17 bits per heavy atom. The van der Waals surface area contributed by atoms with Crippen molar-refractivity contribution in [2.45, 2.75) is 37.3 Å². The predicted molar refractivity (Wildman–Crippen MR) is 59.1 cm³/mol. The normalized spacial score (nSPS) is 34.2. The third-order valence-corrected chi connectivity index (χ3v) is 4.97. The van der Waals surface area contributed by atoms with Crippen LogP contribution < -0.4 is 5.32 Å². The van der Waals surface area contributed by atoms with Crippen LogP contribution in [0.5, 0.6) is 0 Å². The van der Waals surface area contributed by atoms with E-state index in [2.05, 4.69) is 10.1 Å². The molecule has 0 aromatic carbocycles. The van der Waals surface area contributed by atoms with Gasteiger partial charge in [0, 0.05) is 12.6 Å². The monoisotopic (exact) mass is 283 g/mol. The van der Waals surface area contributed by atoms with Gasteiger partial charge >= 0.3 is 11.9 Å². The van der Waals surface area contributed by atoms with Gasteiger partial charge < -0.3 is 10.1 Å². The molecular formula is C10H15F2NO4S. The number of nitrogens with one attached hydrogen (secondary N) is 1. The summed E-state index contributed by atoms with van der Waals surface area (Å²) in [5.41, 5.74) is 0. The lowest BCUT2D eigenvalue weighted by molar-refractivity contribution is -0.159. The number of hydrogen-bond donors (Lipinski definition) is 1. The van der Waals surface area contributed by atoms with E-state index in [4.69, 9.17) is 0 Å². The number of carbonyl (C=O) groups is 1. The first-order valence-corrected chi connectivity index (χ1v) is 7.63. The van der Waals surface area contributed by atoms with Gasteiger partial charge in [-0.2, -0.15) is 8.78 Å². The van der Waals surface area contributed by atoms with E-state index in [1.807, 2.05) is 0 Å². The minimum absolute atomic E-state index is 0.0179. The van der Waals surface area contributed by atoms with Crippen molar-refractivity contribution in [3.05, 3.63) is 0 Å². The summed E-state index contributed by atoms with van der Waals surface area (Å²) in [4.78, 5) is 10.8. The Bertz CT molecular complexity index is 437. The van der Waals surface area contributed by atoms with Gasteiger partial charge in [-0.1, -0.05) is 0 Å². The summed E-state index contributed by atoms with van der Waals surface area (Å²) in [6.45, 7) is 0.0709. The summed E-state index contributed by atoms with van der Waals surface area (Å²) in [6, 6.07) is -0.239. The van der Waals surface area contributed by atoms with Crippen LogP contribution in [0, 0.1) is 0 Å². The Morgan fingerprint density at radius 3 is 2.72 bits per heavy atom. The first kappa shape index (κ1) is 13.7. The summed E-state index contributed by atoms with van der Waals surface area (Å²) < 4.78 is 53.0. The zero-order valence-electron chi connectivity index (χ0n) is 9.69. The molecule has 2 atom stereocenters. The maximum absolute atomic E-state index is 12.9. The van der Waals surface area contributed by atoms with E-state index in [0.29, 0.717) is 12.8 Å². The van der Waals surface area contributed by atoms with Crippen molar-refractivity contribution >= 4 is 15.8 Å². The van der Waals surface area contributed by atoms with Gasteiger partial charge in [-0.15, -0.1) is 0 Å². The highest BCUT2D eigenvalue weighted by molar-refractivity contribution is 7.91. The number of hydrogen-bond acceptors (Lipinski definition) is 5. The van der Waals surface area contributed by atoms with E-state index in [1.165, 1.54) is 0 Å². The predicted octanol–water partition coefficient (Wildman–Crippen LogP) is 0.104. The van der Waals surface area contributed by atoms with Gasteiger partial charge in [-0.25, -0.2) is 13.2 Å². The van der Waals surface area contributed by atoms with E-state index in [0.717, 1.165) is 0 Å². The maximum Gasteiger partial charge on any atom is 0.377 e. The van der Waals surface area contributed by atoms with Crippen LogP contribution in [-0.2, 0) is 19.4 Å². The van der Waals surface area contributed by atoms with E-state index in [-0.39, 0.29) is 24.1 Å². The molecule has 0 bridgehead atoms. The second-order valence-electron chi connectivity index (χ2n) is 4.80. The third kappa shape index (κ3) is 3.17. The molecule has 8 heteroatoms. The molecule has 18 heavy (non-hydrogen) atoms. The SMILES string of the molecule is O=C1OC(CNC2CCCS(=O)(=O)C2)CC1(F)F. The lowest BCUT2D eigenvalue weighted by Gasteiger charge is -2.24. The highest BCUT2D eigenvalue weighted by atomic mass is 32.2. The Kier molecular flexibility index (Phi) is 3.59. The molecule has 0 aromatic rings. The maximum atomic E-state index is 12.9. The van der Waals surface area contributed by atoms with E-state index >= 15 is 0 Å². The second kappa shape index (κ2) is 4.73. The van der Waals surface area contributed by atoms with Gasteiger partial charge in [0.2, 0.25) is 0 Å². The number of ether oxygens (including phenoxy) is 1. The van der Waals surface area contributed by atoms with Crippen LogP contribution in [0.3, 0.4) is 0 Å². The average molecular weight is 283 g/mol. The number of alkyl halides is 2. The molecule has 0 amide bonds. The molecule has 5 nitrogen and oxygen atoms in total. The molecule has 0 radical (unpaired) electrons. The van der Waals surface area contributed by atoms with Gasteiger partial charge in [0.1, 0.15) is 6.10 Å². The van der Waals surface area contributed by atoms with Crippen LogP contribution in [-0.4, -0.2) is 50.5 Å². The standard InChI is InChI=1S/C10H15F2NO4S/c11-10(12)4-8(17-9(10)14)5-13-7-2-1-3-18(15,16)6-7/h7-8,13H,1-6H2. The molecule has 2 fully saturated rings. The largest absolute Gasteiger partial charge is 0.456 e. The Morgan fingerprint density at radius 1 is 1.44 bits per heavy atom. The number of sulfone groups is 1. The molecule has 104 valence electrons. The topological polar surface area (TPSA) is 72.5 Å². The molecule has 2 aliphatic rings. The fourth-order valence-electron chi connectivity index (χ4n) is 2.24. The zero-order chi connectivity index (χ0) is 13.4. The minimum atomic E-state index is -3.41. The first-order chi connectivity index (χ1) is 8.28. The molecule has 2 unspecified atom stereocenters. The first-order valence-electron chi connectivity index (χ1n) is 5.81. The molecule has 2 saturated heterocycles. The van der Waals surface area contributed by atoms with Crippen LogP contribution >= 0.6 is 0 Å². The molecule has 1 N–H and O–H groups in total. The number of halogens is 2. The number of cyclic esters (lactones) is 1. The van der Waals surface area contributed by atoms with Gasteiger partial charge in [-0.3, -0.25) is 0 Å². The van der Waals surface area contributed by atoms with Crippen molar-refractivity contribution < 1.29 is 26.7 Å². The number of esters is 1. The molecule has 2 aliphatic heterocycles. The van der Waals surface area contributed by atoms with Crippen LogP contribution in [0.25, 0.3) is 0 Å². The van der Waals surface area contributed by atoms with Crippen molar-refractivity contribution in [3.8, 4) is 0 Å². The lowest BCUT2D eigenvalue weighted by atomic mass is 10.1. The van der Waals surface area contributed by atoms with E-state index < -0.39 is 34.3 Å². The van der Waals surface area contributed by atoms with E-state index in [9.17, 15) is 22.0 Å². The molecule has 0 spiro atoms. The van der Waals surface area contributed by atoms with E-state index in [1.54, 1.807) is 0 Å². The Balaban J connectivity index is 1.81. The van der Waals surface area contributed by atoms with Crippen molar-refractivity contribution in [2.24, 2.45) is 0 Å². The van der Waals surface area contributed by atoms with Crippen LogP contribution in [0.2, 0.25) is 0 Å². The van der Waals surface area contributed by atoms with Gasteiger partial charge in [-0.05, 0) is 12.8 Å². The highest BCUT2D eigenvalue weighted by Gasteiger charge is 2.50. The smallest absolute Gasteiger partial charge is 0.377 e. The summed E-state index contributed by atoms with van der Waals surface area (Å²) in [5, 5.41) is 2.89. The fraction of sp³-hybridized carbons (Fsp3) is 0.900. The zero-order valence-corrected chi connectivity index (χ0v) is 10.5. The Hall–Kier alpha value is -0.760. The summed E-state index contributed by atoms with van der Waals surface area (Å²) in [6.07, 6.45) is -0.257. The third-order valence-electron chi connectivity index (χ3n) is 3.15. The van der Waals surface area contributed by atoms with Crippen molar-refractivity contribution in [1.82, 2.24) is 5.32 Å². The molecule has 0 aliphatic carbocycles. The van der Waals surface area contributed by atoms with Gasteiger partial charge in [0.25, 0.3) is 0 Å². The fourth-order valence-corrected chi connectivity index (χ4v) is 3.92. The van der Waals surface area contributed by atoms with Gasteiger partial charge in [0.05, 0.1) is 17.9 Å². The average Bonchev–Trinajstić information content (AvgIpc) is 2.49. The van der Waals surface area contributed by atoms with Crippen LogP contribution in [0.4, 0.5) is 8.78 Å². The van der Waals surface area contributed by atoms with Crippen molar-refractivity contribution in [1.29, 1.82) is 0 Å². The summed E-state index contributed by atoms with van der Waals surface area (Å²) in [7, 11) is -3.03. The second-order valence-corrected chi connectivity index (χ2v) is 7.03. The lowest BCUT2D eigenvalue weighted by Crippen LogP contribution is -2.43. The molecule has 2 rings (SSSR count). The van der Waals surface area contributed by atoms with Crippen LogP contribution in [0.15, 0.2) is 0 Å². The quantitative estimate of drug-likeness (QED) is 0.744. The Labute approximate surface area is 104 Å². The molecule has 2 heterocycles. The number of carbonyl (C=O) groups excluding carboxylic acids is 1. The summed E-state index contributed by atoms with van der Waals surface area (Å²) in [5.74, 6) is -4.71. The molecule has 0 saturated carbocycles. The van der Waals surface area contributed by atoms with Crippen molar-refractivity contribution in [2.75, 3.05) is 18.1 Å². The molecular weight excluding hydrogens is 268 g/mol. The highest BCUT2D eigenvalue weighted by Crippen LogP contribution is 2.30. The molecule has 0 aromatic heterocycles. The minimum Gasteiger partial charge on any atom is -0.456 e. The van der Waals surface area contributed by atoms with Crippen LogP contribution in [0.1, 0.15) is 19.3 Å². The summed E-state index contributed by atoms with van der Waals surface area (Å²) >= 11 is 0. The van der Waals surface area contributed by atoms with Crippen molar-refractivity contribution in [3.63, 3.8) is 0 Å².